The maximum atomic E-state index is 5.28. The van der Waals surface area contributed by atoms with Gasteiger partial charge in [0, 0.05) is 0 Å². The highest BCUT2D eigenvalue weighted by Crippen LogP contribution is 2.39. The molecule has 0 unspecified atom stereocenters. The third kappa shape index (κ3) is 5.50. The Balaban J connectivity index is 1.32. The first kappa shape index (κ1) is 18.8. The van der Waals surface area contributed by atoms with Crippen molar-refractivity contribution in [3.63, 3.8) is 0 Å². The highest BCUT2D eigenvalue weighted by Gasteiger charge is 2.23. The summed E-state index contributed by atoms with van der Waals surface area (Å²) in [6.45, 7) is 2.37. The number of benzene rings is 1. The van der Waals surface area contributed by atoms with E-state index in [4.69, 9.17) is 4.74 Å². The van der Waals surface area contributed by atoms with E-state index in [1.165, 1.54) is 82.6 Å². The normalized spacial score (nSPS) is 30.2. The quantitative estimate of drug-likeness (QED) is 0.503. The molecule has 3 rings (SSSR count). The van der Waals surface area contributed by atoms with Crippen LogP contribution in [0.25, 0.3) is 0 Å². The van der Waals surface area contributed by atoms with Crippen molar-refractivity contribution in [1.82, 2.24) is 0 Å². The molecule has 0 heterocycles. The molecule has 0 radical (unpaired) electrons. The van der Waals surface area contributed by atoms with Crippen molar-refractivity contribution in [1.29, 1.82) is 0 Å². The van der Waals surface area contributed by atoms with Crippen molar-refractivity contribution in [2.45, 2.75) is 89.9 Å². The Morgan fingerprint density at radius 1 is 0.760 bits per heavy atom. The molecular formula is C24H38O. The van der Waals surface area contributed by atoms with Crippen LogP contribution < -0.4 is 4.74 Å². The number of ether oxygens (including phenoxy) is 1. The topological polar surface area (TPSA) is 9.23 Å². The first-order valence-corrected chi connectivity index (χ1v) is 10.9. The molecule has 2 aliphatic carbocycles. The Labute approximate surface area is 155 Å². The van der Waals surface area contributed by atoms with Crippen LogP contribution in [0.15, 0.2) is 24.3 Å². The molecule has 1 aromatic rings. The Morgan fingerprint density at radius 2 is 1.28 bits per heavy atom. The van der Waals surface area contributed by atoms with E-state index < -0.39 is 0 Å². The Kier molecular flexibility index (Phi) is 7.25. The van der Waals surface area contributed by atoms with Crippen LogP contribution in [0.5, 0.6) is 5.75 Å². The SMILES string of the molecule is CCC1CCC(CCCC2CCC(c3ccc(OC)cc3)CC2)CC1. The van der Waals surface area contributed by atoms with Crippen LogP contribution in [0.2, 0.25) is 0 Å². The molecule has 2 aliphatic rings. The number of rotatable bonds is 7. The van der Waals surface area contributed by atoms with Crippen LogP contribution in [0.1, 0.15) is 95.5 Å². The van der Waals surface area contributed by atoms with E-state index in [2.05, 4.69) is 31.2 Å². The van der Waals surface area contributed by atoms with Gasteiger partial charge in [-0.25, -0.2) is 0 Å². The van der Waals surface area contributed by atoms with E-state index >= 15 is 0 Å². The van der Waals surface area contributed by atoms with Gasteiger partial charge in [0.15, 0.2) is 0 Å². The molecule has 2 fully saturated rings. The number of hydrogen-bond donors (Lipinski definition) is 0. The van der Waals surface area contributed by atoms with Crippen LogP contribution in [0.3, 0.4) is 0 Å². The van der Waals surface area contributed by atoms with Crippen molar-refractivity contribution in [2.75, 3.05) is 7.11 Å². The second-order valence-corrected chi connectivity index (χ2v) is 8.72. The molecule has 0 amide bonds. The molecule has 1 aromatic carbocycles. The lowest BCUT2D eigenvalue weighted by atomic mass is 9.75. The minimum Gasteiger partial charge on any atom is -0.497 e. The summed E-state index contributed by atoms with van der Waals surface area (Å²) in [5.41, 5.74) is 1.52. The first-order chi connectivity index (χ1) is 12.3. The van der Waals surface area contributed by atoms with E-state index in [1.54, 1.807) is 7.11 Å². The predicted molar refractivity (Wildman–Crippen MR) is 107 cm³/mol. The van der Waals surface area contributed by atoms with Gasteiger partial charge in [-0.05, 0) is 67.1 Å². The van der Waals surface area contributed by atoms with Crippen molar-refractivity contribution >= 4 is 0 Å². The standard InChI is InChI=1S/C24H38O/c1-3-19-7-9-20(10-8-19)5-4-6-21-11-13-22(14-12-21)23-15-17-24(25-2)18-16-23/h15-22H,3-14H2,1-2H3. The van der Waals surface area contributed by atoms with Crippen LogP contribution in [-0.2, 0) is 0 Å². The van der Waals surface area contributed by atoms with E-state index in [1.807, 2.05) is 0 Å². The van der Waals surface area contributed by atoms with E-state index in [9.17, 15) is 0 Å². The molecule has 0 saturated heterocycles. The van der Waals surface area contributed by atoms with Gasteiger partial charge in [-0.1, -0.05) is 70.4 Å². The third-order valence-electron chi connectivity index (χ3n) is 7.20. The monoisotopic (exact) mass is 342 g/mol. The zero-order valence-electron chi connectivity index (χ0n) is 16.5. The summed E-state index contributed by atoms with van der Waals surface area (Å²) < 4.78 is 5.28. The number of hydrogen-bond acceptors (Lipinski definition) is 1. The fourth-order valence-corrected chi connectivity index (χ4v) is 5.28. The van der Waals surface area contributed by atoms with Crippen LogP contribution in [0.4, 0.5) is 0 Å². The van der Waals surface area contributed by atoms with Crippen molar-refractivity contribution in [3.05, 3.63) is 29.8 Å². The summed E-state index contributed by atoms with van der Waals surface area (Å²) in [5, 5.41) is 0. The average molecular weight is 343 g/mol. The smallest absolute Gasteiger partial charge is 0.118 e. The summed E-state index contributed by atoms with van der Waals surface area (Å²) in [6, 6.07) is 8.79. The van der Waals surface area contributed by atoms with Gasteiger partial charge in [0.1, 0.15) is 5.75 Å². The lowest BCUT2D eigenvalue weighted by Crippen LogP contribution is -2.16. The van der Waals surface area contributed by atoms with Gasteiger partial charge >= 0.3 is 0 Å². The zero-order valence-corrected chi connectivity index (χ0v) is 16.5. The van der Waals surface area contributed by atoms with Gasteiger partial charge in [0.2, 0.25) is 0 Å². The fourth-order valence-electron chi connectivity index (χ4n) is 5.28. The van der Waals surface area contributed by atoms with Gasteiger partial charge < -0.3 is 4.74 Å². The Morgan fingerprint density at radius 3 is 1.80 bits per heavy atom. The lowest BCUT2D eigenvalue weighted by molar-refractivity contribution is 0.241. The molecule has 25 heavy (non-hydrogen) atoms. The molecular weight excluding hydrogens is 304 g/mol. The molecule has 0 N–H and O–H groups in total. The second-order valence-electron chi connectivity index (χ2n) is 8.72. The highest BCUT2D eigenvalue weighted by molar-refractivity contribution is 5.29. The maximum Gasteiger partial charge on any atom is 0.118 e. The van der Waals surface area contributed by atoms with Crippen LogP contribution in [-0.4, -0.2) is 7.11 Å². The fraction of sp³-hybridized carbons (Fsp3) is 0.750. The zero-order chi connectivity index (χ0) is 17.5. The lowest BCUT2D eigenvalue weighted by Gasteiger charge is -2.30. The van der Waals surface area contributed by atoms with E-state index in [-0.39, 0.29) is 0 Å². The third-order valence-corrected chi connectivity index (χ3v) is 7.20. The minimum atomic E-state index is 0.784. The van der Waals surface area contributed by atoms with Crippen LogP contribution >= 0.6 is 0 Å². The van der Waals surface area contributed by atoms with Crippen molar-refractivity contribution < 1.29 is 4.74 Å². The molecule has 1 heteroatoms. The minimum absolute atomic E-state index is 0.784. The molecule has 1 nitrogen and oxygen atoms in total. The van der Waals surface area contributed by atoms with Gasteiger partial charge in [0.05, 0.1) is 7.11 Å². The maximum absolute atomic E-state index is 5.28. The predicted octanol–water partition coefficient (Wildman–Crippen LogP) is 7.36. The molecule has 0 bridgehead atoms. The van der Waals surface area contributed by atoms with E-state index in [0.717, 1.165) is 29.4 Å². The summed E-state index contributed by atoms with van der Waals surface area (Å²) in [5.74, 6) is 4.86. The summed E-state index contributed by atoms with van der Waals surface area (Å²) in [4.78, 5) is 0. The van der Waals surface area contributed by atoms with Gasteiger partial charge in [-0.15, -0.1) is 0 Å². The molecule has 0 aromatic heterocycles. The van der Waals surface area contributed by atoms with Gasteiger partial charge in [-0.3, -0.25) is 0 Å². The highest BCUT2D eigenvalue weighted by atomic mass is 16.5. The first-order valence-electron chi connectivity index (χ1n) is 10.9. The summed E-state index contributed by atoms with van der Waals surface area (Å²) in [7, 11) is 1.75. The van der Waals surface area contributed by atoms with Gasteiger partial charge in [0.25, 0.3) is 0 Å². The second kappa shape index (κ2) is 9.64. The molecule has 0 atom stereocenters. The summed E-state index contributed by atoms with van der Waals surface area (Å²) >= 11 is 0. The Hall–Kier alpha value is -0.980. The Bertz CT molecular complexity index is 475. The largest absolute Gasteiger partial charge is 0.497 e. The van der Waals surface area contributed by atoms with E-state index in [0.29, 0.717) is 0 Å². The summed E-state index contributed by atoms with van der Waals surface area (Å²) in [6.07, 6.45) is 17.6. The molecule has 0 aliphatic heterocycles. The van der Waals surface area contributed by atoms with Crippen molar-refractivity contribution in [2.24, 2.45) is 17.8 Å². The molecule has 140 valence electrons. The number of methoxy groups -OCH3 is 1. The average Bonchev–Trinajstić information content (AvgIpc) is 2.69. The van der Waals surface area contributed by atoms with Crippen molar-refractivity contribution in [3.8, 4) is 5.75 Å². The van der Waals surface area contributed by atoms with Gasteiger partial charge in [-0.2, -0.15) is 0 Å². The molecule has 0 spiro atoms. The molecule has 2 saturated carbocycles. The van der Waals surface area contributed by atoms with Crippen LogP contribution in [0, 0.1) is 17.8 Å².